The molecular weight excluding hydrogens is 466 g/mol. The minimum absolute atomic E-state index is 0.0115. The maximum Gasteiger partial charge on any atom is 0.251 e. The van der Waals surface area contributed by atoms with E-state index < -0.39 is 0 Å². The van der Waals surface area contributed by atoms with E-state index >= 15 is 0 Å². The maximum atomic E-state index is 12.5. The van der Waals surface area contributed by atoms with Crippen LogP contribution in [0.3, 0.4) is 0 Å². The second-order valence-electron chi connectivity index (χ2n) is 9.08. The number of imidazole rings is 1. The van der Waals surface area contributed by atoms with Gasteiger partial charge in [0.15, 0.2) is 5.16 Å². The number of nitrogens with zero attached hydrogens (tertiary/aromatic N) is 4. The van der Waals surface area contributed by atoms with Gasteiger partial charge in [-0.3, -0.25) is 9.78 Å². The molecule has 1 N–H and O–H groups in total. The smallest absolute Gasteiger partial charge is 0.251 e. The first-order chi connectivity index (χ1) is 17.6. The summed E-state index contributed by atoms with van der Waals surface area (Å²) >= 11 is 1.70. The standard InChI is InChI=1S/C29H35N5OS/c1-3-4-18-33(2)19-8-16-31-28(35)25-13-11-24(12-14-25)22-36-29-32-26-15-17-30-20-27(26)34(29)21-23-9-6-5-7-10-23/h5-7,9-15,17,20H,3-4,8,16,18-19,21-22H2,1-2H3,(H,31,35). The van der Waals surface area contributed by atoms with Crippen LogP contribution in [0.2, 0.25) is 0 Å². The van der Waals surface area contributed by atoms with Crippen molar-refractivity contribution in [3.8, 4) is 0 Å². The SMILES string of the molecule is CCCCN(C)CCCNC(=O)c1ccc(CSc2nc3ccncc3n2Cc2ccccc2)cc1. The normalized spacial score (nSPS) is 11.3. The molecule has 0 spiro atoms. The number of thioether (sulfide) groups is 1. The number of pyridine rings is 1. The van der Waals surface area contributed by atoms with Crippen molar-refractivity contribution in [2.45, 2.75) is 43.6 Å². The maximum absolute atomic E-state index is 12.5. The molecule has 1 amide bonds. The van der Waals surface area contributed by atoms with Crippen molar-refractivity contribution < 1.29 is 4.79 Å². The molecule has 0 fully saturated rings. The Morgan fingerprint density at radius 3 is 2.56 bits per heavy atom. The number of carbonyl (C=O) groups excluding carboxylic acids is 1. The second kappa shape index (κ2) is 13.2. The molecule has 0 atom stereocenters. The van der Waals surface area contributed by atoms with Gasteiger partial charge in [-0.25, -0.2) is 4.98 Å². The average Bonchev–Trinajstić information content (AvgIpc) is 3.26. The van der Waals surface area contributed by atoms with Gasteiger partial charge >= 0.3 is 0 Å². The van der Waals surface area contributed by atoms with Crippen LogP contribution in [0.1, 0.15) is 47.7 Å². The Morgan fingerprint density at radius 1 is 1.00 bits per heavy atom. The fourth-order valence-electron chi connectivity index (χ4n) is 4.07. The largest absolute Gasteiger partial charge is 0.352 e. The topological polar surface area (TPSA) is 63.1 Å². The zero-order chi connectivity index (χ0) is 25.2. The Hall–Kier alpha value is -3.16. The van der Waals surface area contributed by atoms with E-state index in [0.717, 1.165) is 53.6 Å². The number of aromatic nitrogens is 3. The van der Waals surface area contributed by atoms with Gasteiger partial charge in [0.05, 0.1) is 23.8 Å². The molecule has 6 nitrogen and oxygen atoms in total. The highest BCUT2D eigenvalue weighted by Gasteiger charge is 2.13. The first kappa shape index (κ1) is 25.9. The minimum atomic E-state index is -0.0115. The molecule has 188 valence electrons. The van der Waals surface area contributed by atoms with Crippen LogP contribution in [0.15, 0.2) is 78.2 Å². The van der Waals surface area contributed by atoms with Gasteiger partial charge in [-0.2, -0.15) is 0 Å². The first-order valence-corrected chi connectivity index (χ1v) is 13.6. The number of amides is 1. The summed E-state index contributed by atoms with van der Waals surface area (Å²) < 4.78 is 2.23. The van der Waals surface area contributed by atoms with Gasteiger partial charge in [-0.1, -0.05) is 67.6 Å². The Balaban J connectivity index is 1.33. The predicted octanol–water partition coefficient (Wildman–Crippen LogP) is 5.62. The second-order valence-corrected chi connectivity index (χ2v) is 10.0. The third-order valence-corrected chi connectivity index (χ3v) is 7.23. The van der Waals surface area contributed by atoms with Crippen molar-refractivity contribution in [2.75, 3.05) is 26.7 Å². The number of unbranched alkanes of at least 4 members (excludes halogenated alkanes) is 1. The van der Waals surface area contributed by atoms with Crippen molar-refractivity contribution in [3.05, 3.63) is 89.7 Å². The van der Waals surface area contributed by atoms with Crippen molar-refractivity contribution >= 4 is 28.7 Å². The number of rotatable bonds is 13. The summed E-state index contributed by atoms with van der Waals surface area (Å²) in [6, 6.07) is 20.3. The summed E-state index contributed by atoms with van der Waals surface area (Å²) in [6.45, 7) is 5.77. The van der Waals surface area contributed by atoms with Gasteiger partial charge in [0.25, 0.3) is 5.91 Å². The molecule has 7 heteroatoms. The van der Waals surface area contributed by atoms with Crippen LogP contribution in [0.5, 0.6) is 0 Å². The summed E-state index contributed by atoms with van der Waals surface area (Å²) in [4.78, 5) is 24.0. The van der Waals surface area contributed by atoms with Crippen molar-refractivity contribution in [2.24, 2.45) is 0 Å². The molecule has 0 bridgehead atoms. The van der Waals surface area contributed by atoms with E-state index in [1.807, 2.05) is 42.6 Å². The summed E-state index contributed by atoms with van der Waals surface area (Å²) in [5.74, 6) is 0.764. The van der Waals surface area contributed by atoms with Crippen LogP contribution in [-0.2, 0) is 12.3 Å². The van der Waals surface area contributed by atoms with E-state index in [2.05, 4.69) is 58.0 Å². The van der Waals surface area contributed by atoms with E-state index in [4.69, 9.17) is 4.98 Å². The van der Waals surface area contributed by atoms with Crippen LogP contribution in [0, 0.1) is 0 Å². The molecule has 0 radical (unpaired) electrons. The molecule has 36 heavy (non-hydrogen) atoms. The zero-order valence-electron chi connectivity index (χ0n) is 21.2. The van der Waals surface area contributed by atoms with Crippen LogP contribution in [0.4, 0.5) is 0 Å². The fraction of sp³-hybridized carbons (Fsp3) is 0.345. The summed E-state index contributed by atoms with van der Waals surface area (Å²) in [6.07, 6.45) is 7.05. The molecule has 2 aromatic heterocycles. The molecule has 0 unspecified atom stereocenters. The average molecular weight is 502 g/mol. The van der Waals surface area contributed by atoms with Gasteiger partial charge in [0.2, 0.25) is 0 Å². The fourth-order valence-corrected chi connectivity index (χ4v) is 5.04. The van der Waals surface area contributed by atoms with Crippen LogP contribution in [0.25, 0.3) is 11.0 Å². The Kier molecular flexibility index (Phi) is 9.53. The lowest BCUT2D eigenvalue weighted by Crippen LogP contribution is -2.28. The quantitative estimate of drug-likeness (QED) is 0.190. The molecule has 2 aromatic carbocycles. The van der Waals surface area contributed by atoms with E-state index in [9.17, 15) is 4.79 Å². The van der Waals surface area contributed by atoms with Gasteiger partial charge < -0.3 is 14.8 Å². The lowest BCUT2D eigenvalue weighted by atomic mass is 10.1. The molecule has 0 aliphatic heterocycles. The number of fused-ring (bicyclic) bond motifs is 1. The van der Waals surface area contributed by atoms with Gasteiger partial charge in [-0.15, -0.1) is 0 Å². The summed E-state index contributed by atoms with van der Waals surface area (Å²) in [5.41, 5.74) is 5.07. The van der Waals surface area contributed by atoms with E-state index in [1.165, 1.54) is 18.4 Å². The Labute approximate surface area is 218 Å². The van der Waals surface area contributed by atoms with Crippen molar-refractivity contribution in [1.29, 1.82) is 0 Å². The molecule has 4 aromatic rings. The number of carbonyl (C=O) groups is 1. The number of benzene rings is 2. The summed E-state index contributed by atoms with van der Waals surface area (Å²) in [5, 5.41) is 4.01. The molecule has 0 saturated carbocycles. The lowest BCUT2D eigenvalue weighted by molar-refractivity contribution is 0.0952. The molecule has 4 rings (SSSR count). The first-order valence-electron chi connectivity index (χ1n) is 12.7. The number of hydrogen-bond acceptors (Lipinski definition) is 5. The highest BCUT2D eigenvalue weighted by atomic mass is 32.2. The third-order valence-electron chi connectivity index (χ3n) is 6.18. The Morgan fingerprint density at radius 2 is 1.78 bits per heavy atom. The van der Waals surface area contributed by atoms with Gasteiger partial charge in [-0.05, 0) is 62.3 Å². The van der Waals surface area contributed by atoms with Crippen molar-refractivity contribution in [1.82, 2.24) is 24.8 Å². The third kappa shape index (κ3) is 7.18. The monoisotopic (exact) mass is 501 g/mol. The van der Waals surface area contributed by atoms with Crippen LogP contribution in [-0.4, -0.2) is 52.0 Å². The minimum Gasteiger partial charge on any atom is -0.352 e. The highest BCUT2D eigenvalue weighted by molar-refractivity contribution is 7.98. The molecule has 0 aliphatic carbocycles. The molecular formula is C29H35N5OS. The van der Waals surface area contributed by atoms with E-state index in [0.29, 0.717) is 12.1 Å². The number of hydrogen-bond donors (Lipinski definition) is 1. The van der Waals surface area contributed by atoms with Crippen LogP contribution >= 0.6 is 11.8 Å². The number of nitrogens with one attached hydrogen (secondary N) is 1. The molecule has 2 heterocycles. The van der Waals surface area contributed by atoms with E-state index in [-0.39, 0.29) is 5.91 Å². The van der Waals surface area contributed by atoms with Gasteiger partial charge in [0, 0.05) is 24.1 Å². The lowest BCUT2D eigenvalue weighted by Gasteiger charge is -2.16. The highest BCUT2D eigenvalue weighted by Crippen LogP contribution is 2.27. The molecule has 0 saturated heterocycles. The summed E-state index contributed by atoms with van der Waals surface area (Å²) in [7, 11) is 2.14. The molecule has 0 aliphatic rings. The predicted molar refractivity (Wildman–Crippen MR) is 148 cm³/mol. The van der Waals surface area contributed by atoms with Gasteiger partial charge in [0.1, 0.15) is 0 Å². The van der Waals surface area contributed by atoms with Crippen LogP contribution < -0.4 is 5.32 Å². The zero-order valence-corrected chi connectivity index (χ0v) is 22.0. The Bertz CT molecular complexity index is 1240. The van der Waals surface area contributed by atoms with Crippen molar-refractivity contribution in [3.63, 3.8) is 0 Å². The van der Waals surface area contributed by atoms with E-state index in [1.54, 1.807) is 18.0 Å².